The predicted molar refractivity (Wildman–Crippen MR) is 148 cm³/mol. The van der Waals surface area contributed by atoms with E-state index in [0.717, 1.165) is 66.6 Å². The minimum absolute atomic E-state index is 0.0464. The van der Waals surface area contributed by atoms with Gasteiger partial charge in [0.25, 0.3) is 0 Å². The number of benzene rings is 3. The SMILES string of the molecule is CCCCN(Cc1cccc(C(F)(F)F)c1F)Cc1c(-c2ccccc2)nc(-c2ccccc2)n1CCCC. The van der Waals surface area contributed by atoms with Crippen molar-refractivity contribution >= 4 is 0 Å². The zero-order chi connectivity index (χ0) is 27.8. The summed E-state index contributed by atoms with van der Waals surface area (Å²) in [6, 6.07) is 23.5. The van der Waals surface area contributed by atoms with E-state index >= 15 is 4.39 Å². The van der Waals surface area contributed by atoms with Crippen LogP contribution in [0.4, 0.5) is 17.6 Å². The van der Waals surface area contributed by atoms with Crippen LogP contribution >= 0.6 is 0 Å². The normalized spacial score (nSPS) is 11.9. The van der Waals surface area contributed by atoms with E-state index in [-0.39, 0.29) is 12.1 Å². The molecule has 0 fully saturated rings. The van der Waals surface area contributed by atoms with Crippen molar-refractivity contribution in [3.8, 4) is 22.6 Å². The quantitative estimate of drug-likeness (QED) is 0.168. The lowest BCUT2D eigenvalue weighted by Gasteiger charge is -2.25. The Morgan fingerprint density at radius 1 is 0.769 bits per heavy atom. The van der Waals surface area contributed by atoms with Crippen LogP contribution in [-0.2, 0) is 25.8 Å². The molecule has 0 aliphatic carbocycles. The molecule has 4 aromatic rings. The molecule has 0 radical (unpaired) electrons. The summed E-state index contributed by atoms with van der Waals surface area (Å²) in [5.41, 5.74) is 2.63. The Hall–Kier alpha value is -3.45. The highest BCUT2D eigenvalue weighted by atomic mass is 19.4. The maximum atomic E-state index is 15.0. The summed E-state index contributed by atoms with van der Waals surface area (Å²) in [7, 11) is 0. The Bertz CT molecular complexity index is 1330. The van der Waals surface area contributed by atoms with Crippen molar-refractivity contribution in [2.24, 2.45) is 0 Å². The van der Waals surface area contributed by atoms with Gasteiger partial charge in [0.2, 0.25) is 0 Å². The molecule has 0 aliphatic heterocycles. The Labute approximate surface area is 228 Å². The fraction of sp³-hybridized carbons (Fsp3) is 0.344. The first-order valence-corrected chi connectivity index (χ1v) is 13.6. The molecule has 0 saturated heterocycles. The first-order chi connectivity index (χ1) is 18.8. The zero-order valence-electron chi connectivity index (χ0n) is 22.5. The number of unbranched alkanes of at least 4 members (excludes halogenated alkanes) is 2. The van der Waals surface area contributed by atoms with Crippen LogP contribution in [0.3, 0.4) is 0 Å². The van der Waals surface area contributed by atoms with E-state index in [0.29, 0.717) is 13.1 Å². The van der Waals surface area contributed by atoms with Gasteiger partial charge in [0.1, 0.15) is 11.6 Å². The molecular weight excluding hydrogens is 502 g/mol. The van der Waals surface area contributed by atoms with Crippen molar-refractivity contribution in [1.82, 2.24) is 14.5 Å². The lowest BCUT2D eigenvalue weighted by Crippen LogP contribution is -2.27. The molecule has 0 atom stereocenters. The third-order valence-corrected chi connectivity index (χ3v) is 6.87. The summed E-state index contributed by atoms with van der Waals surface area (Å²) < 4.78 is 57.6. The highest BCUT2D eigenvalue weighted by molar-refractivity contribution is 5.68. The minimum atomic E-state index is -4.74. The van der Waals surface area contributed by atoms with Gasteiger partial charge in [-0.15, -0.1) is 0 Å². The Morgan fingerprint density at radius 2 is 1.41 bits per heavy atom. The molecule has 0 aliphatic rings. The predicted octanol–water partition coefficient (Wildman–Crippen LogP) is 8.98. The highest BCUT2D eigenvalue weighted by Gasteiger charge is 2.35. The Kier molecular flexibility index (Phi) is 9.57. The van der Waals surface area contributed by atoms with Gasteiger partial charge in [0, 0.05) is 36.3 Å². The minimum Gasteiger partial charge on any atom is -0.326 e. The fourth-order valence-corrected chi connectivity index (χ4v) is 4.81. The van der Waals surface area contributed by atoms with Crippen LogP contribution in [0.25, 0.3) is 22.6 Å². The van der Waals surface area contributed by atoms with Crippen LogP contribution in [0.2, 0.25) is 0 Å². The molecule has 7 heteroatoms. The van der Waals surface area contributed by atoms with Crippen LogP contribution < -0.4 is 0 Å². The van der Waals surface area contributed by atoms with Gasteiger partial charge in [-0.05, 0) is 25.5 Å². The van der Waals surface area contributed by atoms with E-state index < -0.39 is 17.6 Å². The molecule has 39 heavy (non-hydrogen) atoms. The van der Waals surface area contributed by atoms with Crippen molar-refractivity contribution in [2.75, 3.05) is 6.54 Å². The molecule has 0 unspecified atom stereocenters. The second-order valence-corrected chi connectivity index (χ2v) is 9.81. The number of rotatable bonds is 12. The molecule has 1 heterocycles. The first kappa shape index (κ1) is 28.6. The largest absolute Gasteiger partial charge is 0.419 e. The number of alkyl halides is 3. The molecule has 0 bridgehead atoms. The number of hydrogen-bond acceptors (Lipinski definition) is 2. The summed E-state index contributed by atoms with van der Waals surface area (Å²) in [6.45, 7) is 6.10. The van der Waals surface area contributed by atoms with Crippen molar-refractivity contribution in [1.29, 1.82) is 0 Å². The average molecular weight is 538 g/mol. The van der Waals surface area contributed by atoms with E-state index in [1.54, 1.807) is 0 Å². The number of halogens is 4. The number of aromatic nitrogens is 2. The molecule has 0 N–H and O–H groups in total. The smallest absolute Gasteiger partial charge is 0.326 e. The number of imidazole rings is 1. The van der Waals surface area contributed by atoms with Crippen LogP contribution in [0, 0.1) is 5.82 Å². The first-order valence-electron chi connectivity index (χ1n) is 13.6. The van der Waals surface area contributed by atoms with Gasteiger partial charge in [-0.25, -0.2) is 9.37 Å². The second-order valence-electron chi connectivity index (χ2n) is 9.81. The molecule has 0 spiro atoms. The summed E-state index contributed by atoms with van der Waals surface area (Å²) in [4.78, 5) is 7.17. The second kappa shape index (κ2) is 13.1. The standard InChI is InChI=1S/C32H35F4N3/c1-3-5-20-38(22-26-18-13-19-27(29(26)33)32(34,35)36)23-28-30(24-14-9-7-10-15-24)37-31(39(28)21-6-4-2)25-16-11-8-12-17-25/h7-19H,3-6,20-23H2,1-2H3. The van der Waals surface area contributed by atoms with Crippen molar-refractivity contribution < 1.29 is 17.6 Å². The van der Waals surface area contributed by atoms with E-state index in [1.807, 2.05) is 65.6 Å². The van der Waals surface area contributed by atoms with Crippen LogP contribution in [-0.4, -0.2) is 21.0 Å². The van der Waals surface area contributed by atoms with E-state index in [4.69, 9.17) is 4.98 Å². The average Bonchev–Trinajstić information content (AvgIpc) is 3.29. The van der Waals surface area contributed by atoms with Gasteiger partial charge < -0.3 is 4.57 Å². The zero-order valence-corrected chi connectivity index (χ0v) is 22.5. The van der Waals surface area contributed by atoms with Gasteiger partial charge in [-0.3, -0.25) is 4.90 Å². The number of nitrogens with zero attached hydrogens (tertiary/aromatic N) is 3. The molecule has 3 nitrogen and oxygen atoms in total. The van der Waals surface area contributed by atoms with Gasteiger partial charge in [-0.1, -0.05) is 99.5 Å². The van der Waals surface area contributed by atoms with E-state index in [9.17, 15) is 13.2 Å². The van der Waals surface area contributed by atoms with Gasteiger partial charge in [0.05, 0.1) is 17.0 Å². The maximum absolute atomic E-state index is 15.0. The van der Waals surface area contributed by atoms with Crippen molar-refractivity contribution in [3.63, 3.8) is 0 Å². The van der Waals surface area contributed by atoms with Gasteiger partial charge >= 0.3 is 6.18 Å². The number of hydrogen-bond donors (Lipinski definition) is 0. The molecule has 0 saturated carbocycles. The molecular formula is C32H35F4N3. The molecule has 1 aromatic heterocycles. The maximum Gasteiger partial charge on any atom is 0.419 e. The van der Waals surface area contributed by atoms with Gasteiger partial charge in [0.15, 0.2) is 0 Å². The van der Waals surface area contributed by atoms with Crippen LogP contribution in [0.15, 0.2) is 78.9 Å². The summed E-state index contributed by atoms with van der Waals surface area (Å²) in [5.74, 6) is -0.335. The lowest BCUT2D eigenvalue weighted by atomic mass is 10.1. The summed E-state index contributed by atoms with van der Waals surface area (Å²) >= 11 is 0. The van der Waals surface area contributed by atoms with Crippen LogP contribution in [0.5, 0.6) is 0 Å². The third-order valence-electron chi connectivity index (χ3n) is 6.87. The molecule has 4 rings (SSSR count). The summed E-state index contributed by atoms with van der Waals surface area (Å²) in [5, 5.41) is 0. The van der Waals surface area contributed by atoms with E-state index in [2.05, 4.69) is 18.4 Å². The topological polar surface area (TPSA) is 21.1 Å². The monoisotopic (exact) mass is 537 g/mol. The van der Waals surface area contributed by atoms with Crippen molar-refractivity contribution in [2.45, 2.75) is 65.3 Å². The van der Waals surface area contributed by atoms with Crippen LogP contribution in [0.1, 0.15) is 56.4 Å². The highest BCUT2D eigenvalue weighted by Crippen LogP contribution is 2.34. The molecule has 0 amide bonds. The third kappa shape index (κ3) is 6.95. The fourth-order valence-electron chi connectivity index (χ4n) is 4.81. The summed E-state index contributed by atoms with van der Waals surface area (Å²) in [6.07, 6.45) is -1.03. The Balaban J connectivity index is 1.81. The van der Waals surface area contributed by atoms with Crippen molar-refractivity contribution in [3.05, 3.63) is 102 Å². The van der Waals surface area contributed by atoms with E-state index in [1.165, 1.54) is 12.1 Å². The lowest BCUT2D eigenvalue weighted by molar-refractivity contribution is -0.140. The van der Waals surface area contributed by atoms with Gasteiger partial charge in [-0.2, -0.15) is 13.2 Å². The molecule has 206 valence electrons. The molecule has 3 aromatic carbocycles. The Morgan fingerprint density at radius 3 is 2.03 bits per heavy atom.